The van der Waals surface area contributed by atoms with Gasteiger partial charge in [0.1, 0.15) is 0 Å². The Hall–Kier alpha value is -1.08. The van der Waals surface area contributed by atoms with Crippen molar-refractivity contribution in [3.63, 3.8) is 0 Å². The number of likely N-dealkylation sites (tertiary alicyclic amines) is 1. The van der Waals surface area contributed by atoms with Crippen LogP contribution in [0.2, 0.25) is 0 Å². The summed E-state index contributed by atoms with van der Waals surface area (Å²) in [5.74, 6) is 0.289. The molecule has 4 nitrogen and oxygen atoms in total. The minimum absolute atomic E-state index is 0.0704. The number of hydrogen-bond acceptors (Lipinski definition) is 3. The number of piperidine rings is 1. The van der Waals surface area contributed by atoms with Gasteiger partial charge in [0.15, 0.2) is 0 Å². The highest BCUT2D eigenvalue weighted by Gasteiger charge is 2.32. The maximum atomic E-state index is 11.0. The van der Waals surface area contributed by atoms with E-state index in [1.54, 1.807) is 6.92 Å². The van der Waals surface area contributed by atoms with E-state index in [1.807, 2.05) is 0 Å². The molecule has 2 fully saturated rings. The van der Waals surface area contributed by atoms with Gasteiger partial charge in [-0.25, -0.2) is 0 Å². The summed E-state index contributed by atoms with van der Waals surface area (Å²) in [7, 11) is 0. The number of nitrogens with zero attached hydrogens (tertiary/aromatic N) is 2. The first-order valence-electron chi connectivity index (χ1n) is 7.11. The maximum absolute atomic E-state index is 11.0. The van der Waals surface area contributed by atoms with Crippen molar-refractivity contribution >= 4 is 5.91 Å². The predicted molar refractivity (Wildman–Crippen MR) is 69.8 cm³/mol. The molecule has 1 aliphatic heterocycles. The Balaban J connectivity index is 1.85. The number of hydrogen-bond donors (Lipinski definition) is 1. The van der Waals surface area contributed by atoms with Crippen LogP contribution >= 0.6 is 0 Å². The minimum Gasteiger partial charge on any atom is -0.354 e. The van der Waals surface area contributed by atoms with Gasteiger partial charge in [-0.15, -0.1) is 0 Å². The Kier molecular flexibility index (Phi) is 4.60. The monoisotopic (exact) mass is 249 g/mol. The predicted octanol–water partition coefficient (Wildman–Crippen LogP) is 1.67. The molecule has 1 N–H and O–H groups in total. The zero-order chi connectivity index (χ0) is 13.0. The van der Waals surface area contributed by atoms with Crippen LogP contribution in [-0.4, -0.2) is 36.0 Å². The topological polar surface area (TPSA) is 56.1 Å². The van der Waals surface area contributed by atoms with Crippen LogP contribution in [0.1, 0.15) is 45.4 Å². The van der Waals surface area contributed by atoms with Gasteiger partial charge in [0.25, 0.3) is 0 Å². The molecule has 0 aromatic carbocycles. The Labute approximate surface area is 109 Å². The van der Waals surface area contributed by atoms with E-state index in [0.717, 1.165) is 32.4 Å². The standard InChI is InChI=1S/C14H23N3O/c1-11(18)16-13-6-8-17(9-7-13)14-5-3-2-4-12(14)10-15/h12-14H,2-9H2,1H3,(H,16,18). The molecule has 0 bridgehead atoms. The molecule has 0 spiro atoms. The molecule has 2 aliphatic rings. The lowest BCUT2D eigenvalue weighted by atomic mass is 9.83. The van der Waals surface area contributed by atoms with E-state index in [4.69, 9.17) is 0 Å². The SMILES string of the molecule is CC(=O)NC1CCN(C2CCCCC2C#N)CC1. The van der Waals surface area contributed by atoms with Gasteiger partial charge in [-0.3, -0.25) is 9.69 Å². The van der Waals surface area contributed by atoms with Crippen molar-refractivity contribution in [2.45, 2.75) is 57.5 Å². The molecular weight excluding hydrogens is 226 g/mol. The summed E-state index contributed by atoms with van der Waals surface area (Å²) < 4.78 is 0. The molecule has 2 rings (SSSR count). The molecule has 0 aromatic heterocycles. The van der Waals surface area contributed by atoms with Crippen molar-refractivity contribution in [2.24, 2.45) is 5.92 Å². The lowest BCUT2D eigenvalue weighted by Crippen LogP contribution is -2.50. The van der Waals surface area contributed by atoms with Crippen LogP contribution < -0.4 is 5.32 Å². The number of amides is 1. The van der Waals surface area contributed by atoms with Crippen LogP contribution in [0, 0.1) is 17.2 Å². The van der Waals surface area contributed by atoms with Gasteiger partial charge >= 0.3 is 0 Å². The van der Waals surface area contributed by atoms with Crippen molar-refractivity contribution in [3.8, 4) is 6.07 Å². The van der Waals surface area contributed by atoms with Crippen LogP contribution in [0.15, 0.2) is 0 Å². The number of nitrogens with one attached hydrogen (secondary N) is 1. The third-order valence-corrected chi connectivity index (χ3v) is 4.30. The van der Waals surface area contributed by atoms with E-state index >= 15 is 0 Å². The third kappa shape index (κ3) is 3.23. The maximum Gasteiger partial charge on any atom is 0.217 e. The van der Waals surface area contributed by atoms with Crippen LogP contribution in [0.3, 0.4) is 0 Å². The first-order chi connectivity index (χ1) is 8.70. The minimum atomic E-state index is 0.0704. The zero-order valence-electron chi connectivity index (χ0n) is 11.2. The number of carbonyl (C=O) groups excluding carboxylic acids is 1. The largest absolute Gasteiger partial charge is 0.354 e. The smallest absolute Gasteiger partial charge is 0.217 e. The second-order valence-electron chi connectivity index (χ2n) is 5.60. The molecule has 1 heterocycles. The summed E-state index contributed by atoms with van der Waals surface area (Å²) in [6, 6.07) is 3.28. The summed E-state index contributed by atoms with van der Waals surface area (Å²) in [4.78, 5) is 13.5. The molecule has 1 aliphatic carbocycles. The number of rotatable bonds is 2. The van der Waals surface area contributed by atoms with E-state index in [9.17, 15) is 10.1 Å². The van der Waals surface area contributed by atoms with Crippen LogP contribution in [0.25, 0.3) is 0 Å². The molecule has 0 aromatic rings. The van der Waals surface area contributed by atoms with E-state index in [2.05, 4.69) is 16.3 Å². The molecule has 2 unspecified atom stereocenters. The molecule has 1 saturated heterocycles. The Morgan fingerprint density at radius 3 is 2.50 bits per heavy atom. The Morgan fingerprint density at radius 1 is 1.22 bits per heavy atom. The van der Waals surface area contributed by atoms with E-state index in [-0.39, 0.29) is 11.8 Å². The summed E-state index contributed by atoms with van der Waals surface area (Å²) in [5, 5.41) is 12.2. The average molecular weight is 249 g/mol. The van der Waals surface area contributed by atoms with Gasteiger partial charge in [0.05, 0.1) is 12.0 Å². The summed E-state index contributed by atoms with van der Waals surface area (Å²) >= 11 is 0. The van der Waals surface area contributed by atoms with Crippen molar-refractivity contribution in [1.82, 2.24) is 10.2 Å². The summed E-state index contributed by atoms with van der Waals surface area (Å²) in [5.41, 5.74) is 0. The average Bonchev–Trinajstić information content (AvgIpc) is 2.39. The number of carbonyl (C=O) groups is 1. The van der Waals surface area contributed by atoms with Crippen LogP contribution in [0.4, 0.5) is 0 Å². The zero-order valence-corrected chi connectivity index (χ0v) is 11.2. The quantitative estimate of drug-likeness (QED) is 0.810. The fraction of sp³-hybridized carbons (Fsp3) is 0.857. The van der Waals surface area contributed by atoms with Gasteiger partial charge in [-0.2, -0.15) is 5.26 Å². The number of nitriles is 1. The highest BCUT2D eigenvalue weighted by molar-refractivity contribution is 5.73. The molecular formula is C14H23N3O. The van der Waals surface area contributed by atoms with Gasteiger partial charge in [0, 0.05) is 32.1 Å². The van der Waals surface area contributed by atoms with Crippen LogP contribution in [0.5, 0.6) is 0 Å². The Bertz CT molecular complexity index is 328. The summed E-state index contributed by atoms with van der Waals surface area (Å²) in [6.07, 6.45) is 6.74. The lowest BCUT2D eigenvalue weighted by Gasteiger charge is -2.41. The van der Waals surface area contributed by atoms with E-state index in [0.29, 0.717) is 12.1 Å². The molecule has 4 heteroatoms. The normalized spacial score (nSPS) is 30.7. The van der Waals surface area contributed by atoms with E-state index in [1.165, 1.54) is 19.3 Å². The third-order valence-electron chi connectivity index (χ3n) is 4.30. The highest BCUT2D eigenvalue weighted by atomic mass is 16.1. The first-order valence-corrected chi connectivity index (χ1v) is 7.11. The van der Waals surface area contributed by atoms with Crippen molar-refractivity contribution in [3.05, 3.63) is 0 Å². The highest BCUT2D eigenvalue weighted by Crippen LogP contribution is 2.29. The van der Waals surface area contributed by atoms with Gasteiger partial charge in [0.2, 0.25) is 5.91 Å². The van der Waals surface area contributed by atoms with Crippen LogP contribution in [-0.2, 0) is 4.79 Å². The second-order valence-corrected chi connectivity index (χ2v) is 5.60. The molecule has 100 valence electrons. The molecule has 18 heavy (non-hydrogen) atoms. The second kappa shape index (κ2) is 6.19. The fourth-order valence-corrected chi connectivity index (χ4v) is 3.36. The van der Waals surface area contributed by atoms with Crippen molar-refractivity contribution in [1.29, 1.82) is 5.26 Å². The Morgan fingerprint density at radius 2 is 1.89 bits per heavy atom. The van der Waals surface area contributed by atoms with Crippen molar-refractivity contribution in [2.75, 3.05) is 13.1 Å². The van der Waals surface area contributed by atoms with Crippen molar-refractivity contribution < 1.29 is 4.79 Å². The lowest BCUT2D eigenvalue weighted by molar-refractivity contribution is -0.120. The molecule has 0 radical (unpaired) electrons. The molecule has 1 saturated carbocycles. The van der Waals surface area contributed by atoms with E-state index < -0.39 is 0 Å². The summed E-state index contributed by atoms with van der Waals surface area (Å²) in [6.45, 7) is 3.63. The van der Waals surface area contributed by atoms with Gasteiger partial charge in [-0.05, 0) is 25.7 Å². The van der Waals surface area contributed by atoms with Gasteiger partial charge in [-0.1, -0.05) is 12.8 Å². The van der Waals surface area contributed by atoms with Gasteiger partial charge < -0.3 is 5.32 Å². The first kappa shape index (κ1) is 13.4. The fourth-order valence-electron chi connectivity index (χ4n) is 3.36. The molecule has 2 atom stereocenters. The molecule has 1 amide bonds.